The Balaban J connectivity index is 1.65. The summed E-state index contributed by atoms with van der Waals surface area (Å²) in [7, 11) is 0. The lowest BCUT2D eigenvalue weighted by atomic mass is 10.1. The minimum Gasteiger partial charge on any atom is -0.361 e. The number of carbonyl (C=O) groups is 2. The van der Waals surface area contributed by atoms with Gasteiger partial charge in [0.2, 0.25) is 11.8 Å². The monoisotopic (exact) mass is 376 g/mol. The van der Waals surface area contributed by atoms with E-state index < -0.39 is 5.25 Å². The van der Waals surface area contributed by atoms with Crippen LogP contribution in [-0.2, 0) is 9.59 Å². The number of anilines is 1. The quantitative estimate of drug-likeness (QED) is 0.707. The van der Waals surface area contributed by atoms with E-state index in [-0.39, 0.29) is 18.2 Å². The summed E-state index contributed by atoms with van der Waals surface area (Å²) < 4.78 is 0. The van der Waals surface area contributed by atoms with E-state index in [1.165, 1.54) is 16.7 Å². The lowest BCUT2D eigenvalue weighted by molar-refractivity contribution is -0.121. The van der Waals surface area contributed by atoms with Gasteiger partial charge in [0, 0.05) is 23.8 Å². The van der Waals surface area contributed by atoms with Gasteiger partial charge in [0.15, 0.2) is 0 Å². The predicted molar refractivity (Wildman–Crippen MR) is 103 cm³/mol. The number of hydrogen-bond donors (Lipinski definition) is 1. The lowest BCUT2D eigenvalue weighted by Gasteiger charge is -2.15. The van der Waals surface area contributed by atoms with Crippen LogP contribution in [0.25, 0.3) is 10.9 Å². The van der Waals surface area contributed by atoms with Crippen LogP contribution in [0.15, 0.2) is 41.6 Å². The van der Waals surface area contributed by atoms with Crippen molar-refractivity contribution in [2.24, 2.45) is 0 Å². The molecule has 3 heterocycles. The molecule has 1 N–H and O–H groups in total. The molecule has 134 valence electrons. The van der Waals surface area contributed by atoms with E-state index in [0.717, 1.165) is 22.2 Å². The van der Waals surface area contributed by atoms with E-state index in [1.807, 2.05) is 38.2 Å². The number of nitriles is 1. The van der Waals surface area contributed by atoms with E-state index in [9.17, 15) is 14.9 Å². The molecule has 1 aliphatic rings. The Bertz CT molecular complexity index is 1130. The zero-order chi connectivity index (χ0) is 19.1. The second-order valence-corrected chi connectivity index (χ2v) is 7.69. The Labute approximate surface area is 160 Å². The van der Waals surface area contributed by atoms with Gasteiger partial charge in [-0.15, -0.1) is 0 Å². The molecule has 0 radical (unpaired) electrons. The number of nitrogens with one attached hydrogen (secondary N) is 1. The third kappa shape index (κ3) is 2.98. The Morgan fingerprint density at radius 2 is 2.07 bits per heavy atom. The molecule has 0 spiro atoms. The fourth-order valence-corrected chi connectivity index (χ4v) is 4.52. The van der Waals surface area contributed by atoms with Crippen LogP contribution in [0.5, 0.6) is 0 Å². The molecule has 1 atom stereocenters. The second-order valence-electron chi connectivity index (χ2n) is 6.50. The van der Waals surface area contributed by atoms with Crippen LogP contribution in [0.4, 0.5) is 5.69 Å². The molecule has 0 aliphatic carbocycles. The Hall–Kier alpha value is -3.11. The second kappa shape index (κ2) is 6.56. The first kappa shape index (κ1) is 17.3. The van der Waals surface area contributed by atoms with Crippen LogP contribution in [0.2, 0.25) is 0 Å². The molecule has 0 saturated carbocycles. The highest BCUT2D eigenvalue weighted by Crippen LogP contribution is 2.36. The molecule has 0 bridgehead atoms. The molecule has 1 unspecified atom stereocenters. The summed E-state index contributed by atoms with van der Waals surface area (Å²) in [6, 6.07) is 11.4. The van der Waals surface area contributed by atoms with Crippen molar-refractivity contribution in [2.45, 2.75) is 30.5 Å². The van der Waals surface area contributed by atoms with Gasteiger partial charge in [-0.1, -0.05) is 17.8 Å². The van der Waals surface area contributed by atoms with E-state index in [1.54, 1.807) is 12.1 Å². The van der Waals surface area contributed by atoms with Crippen LogP contribution in [-0.4, -0.2) is 27.0 Å². The molecular weight excluding hydrogens is 360 g/mol. The Kier molecular flexibility index (Phi) is 4.21. The van der Waals surface area contributed by atoms with Crippen molar-refractivity contribution >= 4 is 40.2 Å². The molecule has 2 aromatic heterocycles. The molecule has 1 aliphatic heterocycles. The number of aromatic amines is 1. The molecular formula is C20H16N4O2S. The van der Waals surface area contributed by atoms with Crippen molar-refractivity contribution in [1.29, 1.82) is 5.26 Å². The van der Waals surface area contributed by atoms with E-state index in [2.05, 4.69) is 16.0 Å². The van der Waals surface area contributed by atoms with Gasteiger partial charge in [-0.3, -0.25) is 9.59 Å². The van der Waals surface area contributed by atoms with Crippen LogP contribution in [0.1, 0.15) is 23.2 Å². The number of aryl methyl sites for hydroxylation is 2. The Morgan fingerprint density at radius 1 is 1.26 bits per heavy atom. The molecule has 7 heteroatoms. The molecule has 2 amide bonds. The van der Waals surface area contributed by atoms with Crippen LogP contribution in [0.3, 0.4) is 0 Å². The number of pyridine rings is 1. The van der Waals surface area contributed by atoms with Gasteiger partial charge < -0.3 is 4.98 Å². The zero-order valence-corrected chi connectivity index (χ0v) is 15.6. The standard InChI is InChI=1S/C20H16N4O2S/c1-11-7-12(2)23-19(15(11)10-21)27-17-9-18(25)24(20(17)26)14-4-3-13-5-6-22-16(13)8-14/h3-8,17,22H,9H2,1-2H3. The largest absolute Gasteiger partial charge is 0.361 e. The molecule has 1 fully saturated rings. The van der Waals surface area contributed by atoms with Crippen LogP contribution < -0.4 is 4.90 Å². The first-order valence-electron chi connectivity index (χ1n) is 8.47. The smallest absolute Gasteiger partial charge is 0.247 e. The zero-order valence-electron chi connectivity index (χ0n) is 14.8. The number of amides is 2. The molecule has 1 saturated heterocycles. The van der Waals surface area contributed by atoms with Gasteiger partial charge in [0.25, 0.3) is 0 Å². The average Bonchev–Trinajstić information content (AvgIpc) is 3.18. The van der Waals surface area contributed by atoms with E-state index in [4.69, 9.17) is 0 Å². The molecule has 3 aromatic rings. The number of aromatic nitrogens is 2. The van der Waals surface area contributed by atoms with Crippen molar-refractivity contribution in [3.05, 3.63) is 53.3 Å². The number of benzene rings is 1. The predicted octanol–water partition coefficient (Wildman–Crippen LogP) is 3.48. The first-order valence-corrected chi connectivity index (χ1v) is 9.35. The van der Waals surface area contributed by atoms with Gasteiger partial charge in [-0.05, 0) is 49.1 Å². The van der Waals surface area contributed by atoms with Crippen molar-refractivity contribution in [3.8, 4) is 6.07 Å². The number of imide groups is 1. The van der Waals surface area contributed by atoms with Gasteiger partial charge >= 0.3 is 0 Å². The molecule has 4 rings (SSSR count). The molecule has 6 nitrogen and oxygen atoms in total. The van der Waals surface area contributed by atoms with E-state index >= 15 is 0 Å². The van der Waals surface area contributed by atoms with Crippen LogP contribution in [0, 0.1) is 25.2 Å². The highest BCUT2D eigenvalue weighted by atomic mass is 32.2. The average molecular weight is 376 g/mol. The molecule has 27 heavy (non-hydrogen) atoms. The summed E-state index contributed by atoms with van der Waals surface area (Å²) >= 11 is 1.19. The number of thioether (sulfide) groups is 1. The van der Waals surface area contributed by atoms with Gasteiger partial charge in [0.1, 0.15) is 11.1 Å². The summed E-state index contributed by atoms with van der Waals surface area (Å²) in [6.07, 6.45) is 1.90. The Morgan fingerprint density at radius 3 is 2.85 bits per heavy atom. The van der Waals surface area contributed by atoms with Crippen molar-refractivity contribution < 1.29 is 9.59 Å². The number of nitrogens with zero attached hydrogens (tertiary/aromatic N) is 3. The summed E-state index contributed by atoms with van der Waals surface area (Å²) in [5.74, 6) is -0.521. The van der Waals surface area contributed by atoms with Gasteiger partial charge in [0.05, 0.1) is 16.5 Å². The number of hydrogen-bond acceptors (Lipinski definition) is 5. The van der Waals surface area contributed by atoms with Gasteiger partial charge in [-0.25, -0.2) is 9.88 Å². The lowest BCUT2D eigenvalue weighted by Crippen LogP contribution is -2.31. The summed E-state index contributed by atoms with van der Waals surface area (Å²) in [6.45, 7) is 3.69. The normalized spacial score (nSPS) is 16.9. The highest BCUT2D eigenvalue weighted by molar-refractivity contribution is 8.00. The van der Waals surface area contributed by atoms with Gasteiger partial charge in [-0.2, -0.15) is 5.26 Å². The van der Waals surface area contributed by atoms with Crippen LogP contribution >= 0.6 is 11.8 Å². The minimum atomic E-state index is -0.586. The number of fused-ring (bicyclic) bond motifs is 1. The first-order chi connectivity index (χ1) is 13.0. The summed E-state index contributed by atoms with van der Waals surface area (Å²) in [5.41, 5.74) is 3.47. The number of rotatable bonds is 3. The van der Waals surface area contributed by atoms with Crippen molar-refractivity contribution in [3.63, 3.8) is 0 Å². The van der Waals surface area contributed by atoms with Crippen molar-refractivity contribution in [2.75, 3.05) is 4.90 Å². The maximum atomic E-state index is 12.9. The topological polar surface area (TPSA) is 89.9 Å². The fraction of sp³-hybridized carbons (Fsp3) is 0.200. The maximum absolute atomic E-state index is 12.9. The maximum Gasteiger partial charge on any atom is 0.247 e. The third-order valence-corrected chi connectivity index (χ3v) is 5.75. The SMILES string of the molecule is Cc1cc(C)c(C#N)c(SC2CC(=O)N(c3ccc4cc[nH]c4c3)C2=O)n1. The highest BCUT2D eigenvalue weighted by Gasteiger charge is 2.41. The fourth-order valence-electron chi connectivity index (χ4n) is 3.30. The third-order valence-electron chi connectivity index (χ3n) is 4.58. The van der Waals surface area contributed by atoms with E-state index in [0.29, 0.717) is 16.3 Å². The summed E-state index contributed by atoms with van der Waals surface area (Å²) in [4.78, 5) is 34.2. The minimum absolute atomic E-state index is 0.0891. The summed E-state index contributed by atoms with van der Waals surface area (Å²) in [5, 5.41) is 10.4. The number of H-pyrrole nitrogens is 1. The van der Waals surface area contributed by atoms with Crippen molar-refractivity contribution in [1.82, 2.24) is 9.97 Å². The molecule has 1 aromatic carbocycles. The number of carbonyl (C=O) groups excluding carboxylic acids is 2.